The van der Waals surface area contributed by atoms with Gasteiger partial charge in [-0.2, -0.15) is 0 Å². The molecule has 5 heteroatoms. The first-order chi connectivity index (χ1) is 12.2. The van der Waals surface area contributed by atoms with E-state index >= 15 is 0 Å². The topological polar surface area (TPSA) is 55.8 Å². The quantitative estimate of drug-likeness (QED) is 0.792. The van der Waals surface area contributed by atoms with E-state index in [0.717, 1.165) is 42.8 Å². The predicted octanol–water partition coefficient (Wildman–Crippen LogP) is 3.43. The van der Waals surface area contributed by atoms with Crippen molar-refractivity contribution in [3.63, 3.8) is 0 Å². The van der Waals surface area contributed by atoms with Crippen molar-refractivity contribution in [2.75, 3.05) is 14.2 Å². The molecule has 1 heterocycles. The van der Waals surface area contributed by atoms with Crippen LogP contribution in [-0.2, 0) is 9.47 Å². The van der Waals surface area contributed by atoms with Gasteiger partial charge in [0.1, 0.15) is 0 Å². The van der Waals surface area contributed by atoms with E-state index in [4.69, 9.17) is 9.47 Å². The molecule has 1 atom stereocenters. The molecule has 0 N–H and O–H groups in total. The number of imide groups is 1. The molecule has 0 aromatic heterocycles. The van der Waals surface area contributed by atoms with Crippen LogP contribution in [0.1, 0.15) is 52.8 Å². The van der Waals surface area contributed by atoms with Crippen LogP contribution in [0.15, 0.2) is 46.9 Å². The lowest BCUT2D eigenvalue weighted by molar-refractivity contribution is 0.0567. The number of carbonyl (C=O) groups is 2. The average molecular weight is 339 g/mol. The highest BCUT2D eigenvalue weighted by Gasteiger charge is 2.42. The molecule has 1 aromatic rings. The summed E-state index contributed by atoms with van der Waals surface area (Å²) in [6.07, 6.45) is 3.83. The Balaban J connectivity index is 1.67. The van der Waals surface area contributed by atoms with E-state index in [9.17, 15) is 9.59 Å². The minimum Gasteiger partial charge on any atom is -0.501 e. The van der Waals surface area contributed by atoms with Gasteiger partial charge in [-0.05, 0) is 42.5 Å². The molecule has 130 valence electrons. The fraction of sp³-hybridized carbons (Fsp3) is 0.400. The molecule has 1 aromatic carbocycles. The number of benzene rings is 1. The summed E-state index contributed by atoms with van der Waals surface area (Å²) in [5.41, 5.74) is 3.32. The van der Waals surface area contributed by atoms with E-state index in [1.165, 1.54) is 10.5 Å². The first kappa shape index (κ1) is 15.9. The Morgan fingerprint density at radius 3 is 2.00 bits per heavy atom. The van der Waals surface area contributed by atoms with Crippen LogP contribution in [0.25, 0.3) is 0 Å². The summed E-state index contributed by atoms with van der Waals surface area (Å²) in [5, 5.41) is 0. The molecule has 1 aliphatic heterocycles. The molecule has 1 fully saturated rings. The number of rotatable bonds is 3. The standard InChI is InChI=1S/C20H21NO4/c1-24-17-9-10-18(25-2)16-11-12(7-8-13(16)17)21-19(22)14-5-3-4-6-15(14)20(21)23/h3-6,12H,7-11H2,1-2H3. The second-order valence-electron chi connectivity index (χ2n) is 6.63. The number of hydrogen-bond donors (Lipinski definition) is 0. The van der Waals surface area contributed by atoms with E-state index in [-0.39, 0.29) is 17.9 Å². The summed E-state index contributed by atoms with van der Waals surface area (Å²) >= 11 is 0. The minimum absolute atomic E-state index is 0.132. The Hall–Kier alpha value is -2.56. The molecule has 0 saturated heterocycles. The fourth-order valence-corrected chi connectivity index (χ4v) is 4.25. The number of allylic oxidation sites excluding steroid dienone is 3. The zero-order chi connectivity index (χ0) is 17.6. The van der Waals surface area contributed by atoms with E-state index < -0.39 is 0 Å². The number of fused-ring (bicyclic) bond motifs is 2. The third-order valence-corrected chi connectivity index (χ3v) is 5.47. The SMILES string of the molecule is COC1=C2CCC(N3C(=O)c4ccccc4C3=O)CC2=C(OC)CC1. The number of ether oxygens (including phenoxy) is 2. The summed E-state index contributed by atoms with van der Waals surface area (Å²) in [6.45, 7) is 0. The third-order valence-electron chi connectivity index (χ3n) is 5.47. The van der Waals surface area contributed by atoms with Crippen molar-refractivity contribution in [1.82, 2.24) is 4.90 Å². The number of carbonyl (C=O) groups excluding carboxylic acids is 2. The van der Waals surface area contributed by atoms with Gasteiger partial charge >= 0.3 is 0 Å². The highest BCUT2D eigenvalue weighted by molar-refractivity contribution is 6.21. The molecule has 1 unspecified atom stereocenters. The lowest BCUT2D eigenvalue weighted by Crippen LogP contribution is -2.42. The number of methoxy groups -OCH3 is 2. The Labute approximate surface area is 146 Å². The molecule has 1 saturated carbocycles. The Kier molecular flexibility index (Phi) is 3.86. The normalized spacial score (nSPS) is 23.0. The van der Waals surface area contributed by atoms with E-state index in [0.29, 0.717) is 17.5 Å². The van der Waals surface area contributed by atoms with E-state index in [1.54, 1.807) is 38.5 Å². The van der Waals surface area contributed by atoms with Crippen molar-refractivity contribution in [2.24, 2.45) is 0 Å². The Morgan fingerprint density at radius 2 is 1.44 bits per heavy atom. The summed E-state index contributed by atoms with van der Waals surface area (Å²) in [7, 11) is 3.39. The number of nitrogens with zero attached hydrogens (tertiary/aromatic N) is 1. The van der Waals surface area contributed by atoms with Gasteiger partial charge in [0.05, 0.1) is 36.9 Å². The molecule has 0 spiro atoms. The molecule has 25 heavy (non-hydrogen) atoms. The maximum absolute atomic E-state index is 12.8. The van der Waals surface area contributed by atoms with Gasteiger partial charge in [0, 0.05) is 18.9 Å². The highest BCUT2D eigenvalue weighted by Crippen LogP contribution is 2.42. The first-order valence-electron chi connectivity index (χ1n) is 8.65. The van der Waals surface area contributed by atoms with E-state index in [2.05, 4.69) is 0 Å². The fourth-order valence-electron chi connectivity index (χ4n) is 4.25. The van der Waals surface area contributed by atoms with Crippen LogP contribution in [0, 0.1) is 0 Å². The summed E-state index contributed by atoms with van der Waals surface area (Å²) in [5.74, 6) is 1.61. The van der Waals surface area contributed by atoms with Gasteiger partial charge in [-0.1, -0.05) is 12.1 Å². The van der Waals surface area contributed by atoms with E-state index in [1.807, 2.05) is 0 Å². The maximum atomic E-state index is 12.8. The van der Waals surface area contributed by atoms with Gasteiger partial charge in [0.25, 0.3) is 11.8 Å². The van der Waals surface area contributed by atoms with Crippen LogP contribution < -0.4 is 0 Å². The van der Waals surface area contributed by atoms with Crippen LogP contribution in [0.3, 0.4) is 0 Å². The smallest absolute Gasteiger partial charge is 0.261 e. The minimum atomic E-state index is -0.180. The van der Waals surface area contributed by atoms with Crippen molar-refractivity contribution >= 4 is 11.8 Å². The molecule has 0 radical (unpaired) electrons. The monoisotopic (exact) mass is 339 g/mol. The molecule has 0 bridgehead atoms. The Morgan fingerprint density at radius 1 is 0.880 bits per heavy atom. The molecule has 2 amide bonds. The van der Waals surface area contributed by atoms with Crippen molar-refractivity contribution in [3.05, 3.63) is 58.1 Å². The second kappa shape index (κ2) is 6.06. The van der Waals surface area contributed by atoms with Gasteiger partial charge < -0.3 is 9.47 Å². The van der Waals surface area contributed by atoms with Gasteiger partial charge in [0.15, 0.2) is 0 Å². The molecular weight excluding hydrogens is 318 g/mol. The van der Waals surface area contributed by atoms with Crippen LogP contribution in [0.5, 0.6) is 0 Å². The molecule has 5 nitrogen and oxygen atoms in total. The molecule has 4 rings (SSSR count). The zero-order valence-corrected chi connectivity index (χ0v) is 14.5. The zero-order valence-electron chi connectivity index (χ0n) is 14.5. The average Bonchev–Trinajstić information content (AvgIpc) is 2.91. The molecule has 2 aliphatic carbocycles. The maximum Gasteiger partial charge on any atom is 0.261 e. The predicted molar refractivity (Wildman–Crippen MR) is 91.9 cm³/mol. The lowest BCUT2D eigenvalue weighted by Gasteiger charge is -2.35. The summed E-state index contributed by atoms with van der Waals surface area (Å²) in [6, 6.07) is 6.92. The third kappa shape index (κ3) is 2.37. The van der Waals surface area contributed by atoms with Crippen LogP contribution in [0.2, 0.25) is 0 Å². The largest absolute Gasteiger partial charge is 0.501 e. The van der Waals surface area contributed by atoms with Crippen LogP contribution in [-0.4, -0.2) is 37.0 Å². The molecular formula is C20H21NO4. The van der Waals surface area contributed by atoms with Gasteiger partial charge in [-0.25, -0.2) is 0 Å². The van der Waals surface area contributed by atoms with Crippen LogP contribution in [0.4, 0.5) is 0 Å². The summed E-state index contributed by atoms with van der Waals surface area (Å²) < 4.78 is 11.1. The Bertz CT molecular complexity index is 786. The second-order valence-corrected chi connectivity index (χ2v) is 6.63. The highest BCUT2D eigenvalue weighted by atomic mass is 16.5. The molecule has 3 aliphatic rings. The first-order valence-corrected chi connectivity index (χ1v) is 8.65. The number of hydrogen-bond acceptors (Lipinski definition) is 4. The number of amides is 2. The van der Waals surface area contributed by atoms with Crippen molar-refractivity contribution in [3.8, 4) is 0 Å². The van der Waals surface area contributed by atoms with Gasteiger partial charge in [-0.15, -0.1) is 0 Å². The van der Waals surface area contributed by atoms with Crippen LogP contribution >= 0.6 is 0 Å². The van der Waals surface area contributed by atoms with Gasteiger partial charge in [-0.3, -0.25) is 14.5 Å². The summed E-state index contributed by atoms with van der Waals surface area (Å²) in [4.78, 5) is 27.0. The van der Waals surface area contributed by atoms with Crippen molar-refractivity contribution < 1.29 is 19.1 Å². The van der Waals surface area contributed by atoms with Gasteiger partial charge in [0.2, 0.25) is 0 Å². The lowest BCUT2D eigenvalue weighted by atomic mass is 9.80. The van der Waals surface area contributed by atoms with Crippen molar-refractivity contribution in [2.45, 2.75) is 38.1 Å². The van der Waals surface area contributed by atoms with Crippen molar-refractivity contribution in [1.29, 1.82) is 0 Å².